The van der Waals surface area contributed by atoms with E-state index in [2.05, 4.69) is 106 Å². The third kappa shape index (κ3) is 17.6. The van der Waals surface area contributed by atoms with E-state index in [0.29, 0.717) is 24.6 Å². The van der Waals surface area contributed by atoms with Crippen LogP contribution in [-0.2, 0) is 21.7 Å². The van der Waals surface area contributed by atoms with Gasteiger partial charge in [0.25, 0.3) is 0 Å². The van der Waals surface area contributed by atoms with Gasteiger partial charge in [0.1, 0.15) is 18.0 Å². The van der Waals surface area contributed by atoms with E-state index in [4.69, 9.17) is 54.6 Å². The van der Waals surface area contributed by atoms with Crippen LogP contribution in [0.1, 0.15) is 152 Å². The summed E-state index contributed by atoms with van der Waals surface area (Å²) in [5, 5.41) is 3.09. The quantitative estimate of drug-likeness (QED) is 0.0726. The minimum absolute atomic E-state index is 0.0244. The molecule has 0 aliphatic rings. The minimum atomic E-state index is -0.141. The molecule has 4 rings (SSSR count). The Morgan fingerprint density at radius 3 is 0.889 bits per heavy atom. The molecule has 72 heavy (non-hydrogen) atoms. The minimum Gasteiger partial charge on any atom is -0.372 e. The maximum absolute atomic E-state index is 12.0. The zero-order valence-corrected chi connectivity index (χ0v) is 51.9. The fraction of sp³-hybridized carbons (Fsp3) is 0.714. The molecule has 0 amide bonds. The van der Waals surface area contributed by atoms with Crippen molar-refractivity contribution < 1.29 is 0 Å². The Labute approximate surface area is 456 Å². The van der Waals surface area contributed by atoms with Gasteiger partial charge in [0.2, 0.25) is 21.7 Å². The molecular weight excluding hydrogens is 977 g/mol. The van der Waals surface area contributed by atoms with Crippen molar-refractivity contribution in [2.24, 2.45) is 5.73 Å². The molecule has 0 radical (unpaired) electrons. The highest BCUT2D eigenvalue weighted by molar-refractivity contribution is 7.72. The molecule has 3 N–H and O–H groups in total. The number of rotatable bonds is 22. The largest absolute Gasteiger partial charge is 0.372 e. The van der Waals surface area contributed by atoms with Crippen LogP contribution in [-0.4, -0.2) is 124 Å². The average Bonchev–Trinajstić information content (AvgIpc) is 3.27. The highest BCUT2D eigenvalue weighted by Gasteiger charge is 2.33. The average molecular weight is 1070 g/mol. The fourth-order valence-electron chi connectivity index (χ4n) is 8.97. The zero-order valence-electron chi connectivity index (χ0n) is 48.6. The van der Waals surface area contributed by atoms with Gasteiger partial charge in [-0.15, -0.1) is 0 Å². The van der Waals surface area contributed by atoms with Gasteiger partial charge in [0, 0.05) is 103 Å². The number of likely N-dealkylation sites (N-methyl/N-ethyl adjacent to an activating group) is 6. The first-order valence-corrected chi connectivity index (χ1v) is 27.7. The van der Waals surface area contributed by atoms with Gasteiger partial charge in [0.15, 0.2) is 0 Å². The van der Waals surface area contributed by atoms with Crippen LogP contribution in [0.4, 0.5) is 22.7 Å². The lowest BCUT2D eigenvalue weighted by Gasteiger charge is -2.32. The predicted octanol–water partition coefficient (Wildman–Crippen LogP) is 9.57. The lowest BCUT2D eigenvalue weighted by molar-refractivity contribution is 0.281. The number of nitrogens with zero attached hydrogens (tertiary/aromatic N) is 6. The van der Waals surface area contributed by atoms with E-state index in [1.165, 1.54) is 19.3 Å². The van der Waals surface area contributed by atoms with E-state index < -0.39 is 0 Å². The Morgan fingerprint density at radius 1 is 0.403 bits per heavy atom. The standard InChI is InChI=1S/C17H30N2OS.C16H28N2OS.C12H20N2OS.C11H18N2OS/c1-7-9-19(10-8-2)12-11-18(6)14-13(17(3,4)5)15(20)16(14)21;1-7-9-18(8-2)11-10-17(6)13-12(16(3,4)5)14(19)15(13)20;1-12(2,3)8-9(11(16)10(8)15)14(5)7-6-13-4;1-11(2,3)7-8(10(15)9(7)14)13(4)6-5-12/h7-12H2,1-6H3;7-11H2,1-6H3;13H,6-7H2,1-5H3;5-6,12H2,1-4H3. The Bertz CT molecular complexity index is 2610. The van der Waals surface area contributed by atoms with Gasteiger partial charge in [-0.3, -0.25) is 19.2 Å². The summed E-state index contributed by atoms with van der Waals surface area (Å²) in [6.07, 6.45) is 3.53. The highest BCUT2D eigenvalue weighted by atomic mass is 32.1. The first kappa shape index (κ1) is 67.1. The fourth-order valence-corrected chi connectivity index (χ4v) is 10.4. The SMILES string of the molecule is CCCN(CC)CCN(C)c1c(C(C)(C)C)c(=O)c1=S.CCCN(CCC)CCN(C)c1c(C(C)(C)C)c(=O)c1=S.CN(CCN)c1c(C(C)(C)C)c(=O)c1=S.CNCCN(C)c1c(C(C)(C)C)c(=O)c1=S. The molecule has 0 spiro atoms. The molecule has 0 heterocycles. The Kier molecular flexibility index (Phi) is 26.8. The Morgan fingerprint density at radius 2 is 0.653 bits per heavy atom. The van der Waals surface area contributed by atoms with E-state index in [0.717, 1.165) is 117 Å². The molecule has 0 saturated heterocycles. The van der Waals surface area contributed by atoms with Crippen molar-refractivity contribution in [3.05, 3.63) is 81.2 Å². The number of hydrogen-bond donors (Lipinski definition) is 2. The van der Waals surface area contributed by atoms with Crippen LogP contribution in [0.3, 0.4) is 0 Å². The third-order valence-corrected chi connectivity index (χ3v) is 14.3. The summed E-state index contributed by atoms with van der Waals surface area (Å²) in [5.74, 6) is 0. The molecule has 0 aliphatic heterocycles. The molecule has 0 aliphatic carbocycles. The summed E-state index contributed by atoms with van der Waals surface area (Å²) < 4.78 is 1.97. The van der Waals surface area contributed by atoms with Gasteiger partial charge >= 0.3 is 0 Å². The Balaban J connectivity index is 0.000000484. The van der Waals surface area contributed by atoms with Crippen molar-refractivity contribution in [2.75, 3.05) is 133 Å². The maximum Gasteiger partial charge on any atom is 0.204 e. The predicted molar refractivity (Wildman–Crippen MR) is 324 cm³/mol. The molecule has 0 aromatic heterocycles. The third-order valence-electron chi connectivity index (χ3n) is 12.8. The van der Waals surface area contributed by atoms with Crippen molar-refractivity contribution in [1.29, 1.82) is 0 Å². The second kappa shape index (κ2) is 28.8. The monoisotopic (exact) mass is 1070 g/mol. The molecule has 16 heteroatoms. The van der Waals surface area contributed by atoms with Crippen LogP contribution in [0.5, 0.6) is 0 Å². The zero-order chi connectivity index (χ0) is 56.0. The smallest absolute Gasteiger partial charge is 0.204 e. The van der Waals surface area contributed by atoms with Crippen molar-refractivity contribution in [1.82, 2.24) is 15.1 Å². The molecule has 4 aromatic rings. The molecule has 0 unspecified atom stereocenters. The van der Waals surface area contributed by atoms with Gasteiger partial charge in [-0.05, 0) is 74.1 Å². The molecule has 4 aromatic carbocycles. The van der Waals surface area contributed by atoms with Crippen molar-refractivity contribution in [3.63, 3.8) is 0 Å². The lowest BCUT2D eigenvalue weighted by Crippen LogP contribution is -2.39. The second-order valence-electron chi connectivity index (χ2n) is 23.4. The van der Waals surface area contributed by atoms with Crippen molar-refractivity contribution in [3.8, 4) is 0 Å². The number of anilines is 4. The van der Waals surface area contributed by atoms with E-state index in [-0.39, 0.29) is 43.4 Å². The highest BCUT2D eigenvalue weighted by Crippen LogP contribution is 2.35. The summed E-state index contributed by atoms with van der Waals surface area (Å²) in [7, 11) is 9.91. The summed E-state index contributed by atoms with van der Waals surface area (Å²) in [4.78, 5) is 60.7. The molecular formula is C56H96N8O4S4. The molecule has 0 bridgehead atoms. The van der Waals surface area contributed by atoms with Crippen LogP contribution in [0.15, 0.2) is 19.2 Å². The van der Waals surface area contributed by atoms with Gasteiger partial charge in [-0.1, -0.05) is 160 Å². The lowest BCUT2D eigenvalue weighted by atomic mass is 9.82. The molecule has 0 fully saturated rings. The van der Waals surface area contributed by atoms with E-state index in [1.807, 2.05) is 74.6 Å². The number of nitrogens with two attached hydrogens (primary N) is 1. The number of nitrogens with one attached hydrogen (secondary N) is 1. The normalized spacial score (nSPS) is 12.2. The van der Waals surface area contributed by atoms with Gasteiger partial charge in [-0.25, -0.2) is 0 Å². The van der Waals surface area contributed by atoms with Crippen LogP contribution in [0.25, 0.3) is 0 Å². The van der Waals surface area contributed by atoms with E-state index >= 15 is 0 Å². The van der Waals surface area contributed by atoms with Crippen molar-refractivity contribution in [2.45, 2.75) is 152 Å². The molecule has 12 nitrogen and oxygen atoms in total. The second-order valence-corrected chi connectivity index (χ2v) is 25.0. The van der Waals surface area contributed by atoms with E-state index in [1.54, 1.807) is 0 Å². The maximum atomic E-state index is 12.0. The van der Waals surface area contributed by atoms with Crippen LogP contribution < -0.4 is 52.4 Å². The first-order valence-electron chi connectivity index (χ1n) is 26.1. The molecule has 0 saturated carbocycles. The summed E-state index contributed by atoms with van der Waals surface area (Å²) in [6, 6.07) is 0. The number of hydrogen-bond acceptors (Lipinski definition) is 16. The topological polar surface area (TPSA) is 126 Å². The summed E-state index contributed by atoms with van der Waals surface area (Å²) >= 11 is 20.7. The summed E-state index contributed by atoms with van der Waals surface area (Å²) in [5.41, 5.74) is 12.5. The van der Waals surface area contributed by atoms with Crippen LogP contribution >= 0.6 is 48.9 Å². The first-order chi connectivity index (χ1) is 33.1. The van der Waals surface area contributed by atoms with E-state index in [9.17, 15) is 19.2 Å². The van der Waals surface area contributed by atoms with Gasteiger partial charge in [-0.2, -0.15) is 0 Å². The van der Waals surface area contributed by atoms with Crippen LogP contribution in [0, 0.1) is 18.0 Å². The van der Waals surface area contributed by atoms with Crippen LogP contribution in [0.2, 0.25) is 0 Å². The van der Waals surface area contributed by atoms with Crippen molar-refractivity contribution >= 4 is 71.6 Å². The molecule has 408 valence electrons. The molecule has 0 atom stereocenters. The van der Waals surface area contributed by atoms with Gasteiger partial charge < -0.3 is 40.4 Å². The summed E-state index contributed by atoms with van der Waals surface area (Å²) in [6.45, 7) is 44.9. The Hall–Kier alpha value is -2.96. The van der Waals surface area contributed by atoms with Gasteiger partial charge in [0.05, 0.1) is 22.7 Å².